The SMILES string of the molecule is Cc1cnc(CNc2cc(F)ccc2[N+](=O)[O-])cn1. The van der Waals surface area contributed by atoms with Gasteiger partial charge in [0.05, 0.1) is 29.1 Å². The first-order valence-corrected chi connectivity index (χ1v) is 5.51. The molecule has 0 spiro atoms. The highest BCUT2D eigenvalue weighted by molar-refractivity contribution is 5.61. The van der Waals surface area contributed by atoms with Crippen molar-refractivity contribution in [1.82, 2.24) is 9.97 Å². The molecule has 98 valence electrons. The number of hydrogen-bond acceptors (Lipinski definition) is 5. The van der Waals surface area contributed by atoms with Crippen LogP contribution in [-0.4, -0.2) is 14.9 Å². The Kier molecular flexibility index (Phi) is 3.65. The zero-order valence-electron chi connectivity index (χ0n) is 10.1. The Balaban J connectivity index is 2.16. The number of rotatable bonds is 4. The summed E-state index contributed by atoms with van der Waals surface area (Å²) in [5.74, 6) is -0.539. The van der Waals surface area contributed by atoms with E-state index in [-0.39, 0.29) is 17.9 Å². The van der Waals surface area contributed by atoms with Crippen LogP contribution < -0.4 is 5.32 Å². The Bertz CT molecular complexity index is 601. The van der Waals surface area contributed by atoms with Crippen molar-refractivity contribution in [3.63, 3.8) is 0 Å². The smallest absolute Gasteiger partial charge is 0.292 e. The van der Waals surface area contributed by atoms with E-state index in [1.165, 1.54) is 0 Å². The molecule has 1 N–H and O–H groups in total. The van der Waals surface area contributed by atoms with Gasteiger partial charge in [0, 0.05) is 18.3 Å². The normalized spacial score (nSPS) is 10.2. The molecule has 0 aliphatic carbocycles. The van der Waals surface area contributed by atoms with Crippen molar-refractivity contribution >= 4 is 11.4 Å². The summed E-state index contributed by atoms with van der Waals surface area (Å²) in [5.41, 5.74) is 1.33. The monoisotopic (exact) mass is 262 g/mol. The zero-order valence-corrected chi connectivity index (χ0v) is 10.1. The minimum Gasteiger partial charge on any atom is -0.374 e. The number of nitro groups is 1. The van der Waals surface area contributed by atoms with E-state index in [9.17, 15) is 14.5 Å². The second kappa shape index (κ2) is 5.38. The molecule has 0 aliphatic rings. The number of benzene rings is 1. The van der Waals surface area contributed by atoms with Gasteiger partial charge in [0.1, 0.15) is 11.5 Å². The maximum Gasteiger partial charge on any atom is 0.292 e. The van der Waals surface area contributed by atoms with Crippen molar-refractivity contribution in [2.24, 2.45) is 0 Å². The Morgan fingerprint density at radius 1 is 1.37 bits per heavy atom. The molecule has 1 heterocycles. The van der Waals surface area contributed by atoms with Gasteiger partial charge in [-0.15, -0.1) is 0 Å². The molecule has 2 rings (SSSR count). The van der Waals surface area contributed by atoms with Crippen molar-refractivity contribution in [3.8, 4) is 0 Å². The lowest BCUT2D eigenvalue weighted by Gasteiger charge is -2.06. The van der Waals surface area contributed by atoms with E-state index < -0.39 is 10.7 Å². The van der Waals surface area contributed by atoms with Gasteiger partial charge in [0.15, 0.2) is 0 Å². The number of halogens is 1. The number of nitro benzene ring substituents is 1. The predicted molar refractivity (Wildman–Crippen MR) is 67.2 cm³/mol. The summed E-state index contributed by atoms with van der Waals surface area (Å²) in [6.07, 6.45) is 3.16. The summed E-state index contributed by atoms with van der Waals surface area (Å²) in [6.45, 7) is 2.04. The summed E-state index contributed by atoms with van der Waals surface area (Å²) in [5, 5.41) is 13.6. The summed E-state index contributed by atoms with van der Waals surface area (Å²) < 4.78 is 13.1. The Morgan fingerprint density at radius 3 is 2.79 bits per heavy atom. The van der Waals surface area contributed by atoms with Crippen LogP contribution in [0.25, 0.3) is 0 Å². The fourth-order valence-electron chi connectivity index (χ4n) is 1.51. The Morgan fingerprint density at radius 2 is 2.16 bits per heavy atom. The van der Waals surface area contributed by atoms with E-state index in [1.54, 1.807) is 12.4 Å². The molecule has 0 fully saturated rings. The fraction of sp³-hybridized carbons (Fsp3) is 0.167. The second-order valence-electron chi connectivity index (χ2n) is 3.92. The molecule has 6 nitrogen and oxygen atoms in total. The van der Waals surface area contributed by atoms with E-state index >= 15 is 0 Å². The lowest BCUT2D eigenvalue weighted by molar-refractivity contribution is -0.384. The van der Waals surface area contributed by atoms with E-state index in [4.69, 9.17) is 0 Å². The molecule has 1 aromatic carbocycles. The average Bonchev–Trinajstić information content (AvgIpc) is 2.38. The molecule has 0 radical (unpaired) electrons. The largest absolute Gasteiger partial charge is 0.374 e. The summed E-state index contributed by atoms with van der Waals surface area (Å²) in [4.78, 5) is 18.4. The molecule has 0 aliphatic heterocycles. The van der Waals surface area contributed by atoms with E-state index in [0.717, 1.165) is 23.9 Å². The molecule has 1 aromatic heterocycles. The van der Waals surface area contributed by atoms with E-state index in [2.05, 4.69) is 15.3 Å². The highest BCUT2D eigenvalue weighted by Crippen LogP contribution is 2.25. The van der Waals surface area contributed by atoms with Gasteiger partial charge in [0.25, 0.3) is 5.69 Å². The number of nitrogens with one attached hydrogen (secondary N) is 1. The van der Waals surface area contributed by atoms with Crippen molar-refractivity contribution < 1.29 is 9.31 Å². The van der Waals surface area contributed by atoms with Crippen molar-refractivity contribution in [2.45, 2.75) is 13.5 Å². The van der Waals surface area contributed by atoms with Crippen LogP contribution in [0.5, 0.6) is 0 Å². The minimum absolute atomic E-state index is 0.118. The molecular weight excluding hydrogens is 251 g/mol. The van der Waals surface area contributed by atoms with Gasteiger partial charge in [-0.25, -0.2) is 4.39 Å². The summed E-state index contributed by atoms with van der Waals surface area (Å²) in [7, 11) is 0. The molecule has 0 saturated carbocycles. The van der Waals surface area contributed by atoms with Crippen LogP contribution in [0.3, 0.4) is 0 Å². The van der Waals surface area contributed by atoms with Crippen LogP contribution >= 0.6 is 0 Å². The molecular formula is C12H11FN4O2. The summed E-state index contributed by atoms with van der Waals surface area (Å²) >= 11 is 0. The molecule has 0 atom stereocenters. The third kappa shape index (κ3) is 3.21. The van der Waals surface area contributed by atoms with Gasteiger partial charge in [-0.2, -0.15) is 0 Å². The van der Waals surface area contributed by atoms with Crippen LogP contribution in [-0.2, 0) is 6.54 Å². The first-order chi connectivity index (χ1) is 9.06. The fourth-order valence-corrected chi connectivity index (χ4v) is 1.51. The molecule has 0 amide bonds. The second-order valence-corrected chi connectivity index (χ2v) is 3.92. The first kappa shape index (κ1) is 12.9. The van der Waals surface area contributed by atoms with Gasteiger partial charge >= 0.3 is 0 Å². The lowest BCUT2D eigenvalue weighted by Crippen LogP contribution is -2.05. The van der Waals surface area contributed by atoms with Gasteiger partial charge in [0.2, 0.25) is 0 Å². The number of aryl methyl sites for hydroxylation is 1. The van der Waals surface area contributed by atoms with Crippen LogP contribution in [0.1, 0.15) is 11.4 Å². The first-order valence-electron chi connectivity index (χ1n) is 5.51. The van der Waals surface area contributed by atoms with E-state index in [1.807, 2.05) is 6.92 Å². The van der Waals surface area contributed by atoms with Gasteiger partial charge < -0.3 is 5.32 Å². The predicted octanol–water partition coefficient (Wildman–Crippen LogP) is 2.44. The number of nitrogens with zero attached hydrogens (tertiary/aromatic N) is 3. The van der Waals surface area contributed by atoms with Gasteiger partial charge in [-0.3, -0.25) is 20.1 Å². The standard InChI is InChI=1S/C12H11FN4O2/c1-8-5-15-10(6-14-8)7-16-11-4-9(13)2-3-12(11)17(18)19/h2-6,16H,7H2,1H3. The van der Waals surface area contributed by atoms with Crippen LogP contribution in [0.15, 0.2) is 30.6 Å². The van der Waals surface area contributed by atoms with Crippen molar-refractivity contribution in [1.29, 1.82) is 0 Å². The molecule has 0 bridgehead atoms. The molecule has 0 saturated heterocycles. The van der Waals surface area contributed by atoms with Crippen LogP contribution in [0.2, 0.25) is 0 Å². The Labute approximate surface area is 108 Å². The molecule has 7 heteroatoms. The average molecular weight is 262 g/mol. The van der Waals surface area contributed by atoms with Crippen LogP contribution in [0.4, 0.5) is 15.8 Å². The van der Waals surface area contributed by atoms with Gasteiger partial charge in [-0.1, -0.05) is 0 Å². The molecule has 0 unspecified atom stereocenters. The van der Waals surface area contributed by atoms with Crippen LogP contribution in [0, 0.1) is 22.9 Å². The maximum absolute atomic E-state index is 13.1. The van der Waals surface area contributed by atoms with Crippen molar-refractivity contribution in [2.75, 3.05) is 5.32 Å². The maximum atomic E-state index is 13.1. The Hall–Kier alpha value is -2.57. The minimum atomic E-state index is -0.567. The molecule has 19 heavy (non-hydrogen) atoms. The third-order valence-electron chi connectivity index (χ3n) is 2.45. The number of hydrogen-bond donors (Lipinski definition) is 1. The highest BCUT2D eigenvalue weighted by Gasteiger charge is 2.14. The van der Waals surface area contributed by atoms with E-state index in [0.29, 0.717) is 5.69 Å². The quantitative estimate of drug-likeness (QED) is 0.676. The zero-order chi connectivity index (χ0) is 13.8. The van der Waals surface area contributed by atoms with Crippen molar-refractivity contribution in [3.05, 3.63) is 57.9 Å². The third-order valence-corrected chi connectivity index (χ3v) is 2.45. The topological polar surface area (TPSA) is 81.0 Å². The number of aromatic nitrogens is 2. The molecule has 2 aromatic rings. The summed E-state index contributed by atoms with van der Waals surface area (Å²) in [6, 6.07) is 3.26. The number of anilines is 1. The van der Waals surface area contributed by atoms with Gasteiger partial charge in [-0.05, 0) is 13.0 Å². The lowest BCUT2D eigenvalue weighted by atomic mass is 10.2. The highest BCUT2D eigenvalue weighted by atomic mass is 19.1.